The SMILES string of the molecule is Nc1ccc(CN2CCC(C(=O)c3ncnc4[nH]ccc34)CC2)cc1. The van der Waals surface area contributed by atoms with Crippen molar-refractivity contribution in [3.8, 4) is 0 Å². The number of nitrogens with one attached hydrogen (secondary N) is 1. The smallest absolute Gasteiger partial charge is 0.185 e. The van der Waals surface area contributed by atoms with E-state index in [-0.39, 0.29) is 11.7 Å². The second-order valence-electron chi connectivity index (χ2n) is 6.62. The first-order chi connectivity index (χ1) is 12.2. The van der Waals surface area contributed by atoms with Crippen LogP contribution in [0.4, 0.5) is 5.69 Å². The number of fused-ring (bicyclic) bond motifs is 1. The second-order valence-corrected chi connectivity index (χ2v) is 6.62. The fraction of sp³-hybridized carbons (Fsp3) is 0.316. The average Bonchev–Trinajstić information content (AvgIpc) is 3.12. The van der Waals surface area contributed by atoms with Gasteiger partial charge in [0.1, 0.15) is 17.7 Å². The zero-order chi connectivity index (χ0) is 17.2. The van der Waals surface area contributed by atoms with E-state index in [0.29, 0.717) is 5.69 Å². The molecule has 128 valence electrons. The van der Waals surface area contributed by atoms with E-state index in [0.717, 1.165) is 49.2 Å². The Morgan fingerprint density at radius 2 is 1.92 bits per heavy atom. The summed E-state index contributed by atoms with van der Waals surface area (Å²) in [7, 11) is 0. The zero-order valence-electron chi connectivity index (χ0n) is 14.0. The molecule has 0 aliphatic carbocycles. The van der Waals surface area contributed by atoms with Gasteiger partial charge in [-0.25, -0.2) is 9.97 Å². The van der Waals surface area contributed by atoms with Crippen LogP contribution in [0.25, 0.3) is 11.0 Å². The number of Topliss-reactive ketones (excluding diaryl/α,β-unsaturated/α-hetero) is 1. The molecule has 6 heteroatoms. The minimum atomic E-state index is 0.0377. The number of carbonyl (C=O) groups is 1. The van der Waals surface area contributed by atoms with Gasteiger partial charge in [0.15, 0.2) is 5.78 Å². The van der Waals surface area contributed by atoms with Gasteiger partial charge in [-0.15, -0.1) is 0 Å². The van der Waals surface area contributed by atoms with Crippen molar-refractivity contribution in [2.75, 3.05) is 18.8 Å². The van der Waals surface area contributed by atoms with Crippen LogP contribution in [0, 0.1) is 5.92 Å². The number of piperidine rings is 1. The zero-order valence-corrected chi connectivity index (χ0v) is 14.0. The van der Waals surface area contributed by atoms with Gasteiger partial charge in [-0.05, 0) is 49.7 Å². The van der Waals surface area contributed by atoms with Crippen LogP contribution >= 0.6 is 0 Å². The molecule has 0 saturated carbocycles. The number of benzene rings is 1. The van der Waals surface area contributed by atoms with E-state index in [1.54, 1.807) is 6.20 Å². The molecule has 3 aromatic rings. The van der Waals surface area contributed by atoms with Gasteiger partial charge < -0.3 is 10.7 Å². The van der Waals surface area contributed by atoms with E-state index < -0.39 is 0 Å². The molecule has 1 saturated heterocycles. The molecule has 0 atom stereocenters. The summed E-state index contributed by atoms with van der Waals surface area (Å²) < 4.78 is 0. The number of aromatic nitrogens is 3. The van der Waals surface area contributed by atoms with E-state index >= 15 is 0 Å². The molecule has 1 aliphatic rings. The molecule has 0 bridgehead atoms. The molecule has 0 unspecified atom stereocenters. The van der Waals surface area contributed by atoms with E-state index in [1.165, 1.54) is 11.9 Å². The van der Waals surface area contributed by atoms with E-state index in [2.05, 4.69) is 32.0 Å². The summed E-state index contributed by atoms with van der Waals surface area (Å²) in [5.41, 5.74) is 9.04. The van der Waals surface area contributed by atoms with Gasteiger partial charge >= 0.3 is 0 Å². The van der Waals surface area contributed by atoms with Crippen molar-refractivity contribution in [3.63, 3.8) is 0 Å². The molecular formula is C19H21N5O. The van der Waals surface area contributed by atoms with Crippen LogP contribution < -0.4 is 5.73 Å². The fourth-order valence-corrected chi connectivity index (χ4v) is 3.50. The number of nitrogens with two attached hydrogens (primary N) is 1. The molecule has 2 aromatic heterocycles. The molecule has 4 rings (SSSR count). The third kappa shape index (κ3) is 3.25. The molecule has 3 N–H and O–H groups in total. The van der Waals surface area contributed by atoms with Crippen molar-refractivity contribution in [2.45, 2.75) is 19.4 Å². The molecule has 25 heavy (non-hydrogen) atoms. The highest BCUT2D eigenvalue weighted by molar-refractivity contribution is 6.06. The Balaban J connectivity index is 1.40. The number of carbonyl (C=O) groups excluding carboxylic acids is 1. The average molecular weight is 335 g/mol. The fourth-order valence-electron chi connectivity index (χ4n) is 3.50. The number of H-pyrrole nitrogens is 1. The molecule has 0 amide bonds. The highest BCUT2D eigenvalue weighted by Crippen LogP contribution is 2.25. The Morgan fingerprint density at radius 1 is 1.16 bits per heavy atom. The Bertz CT molecular complexity index is 878. The van der Waals surface area contributed by atoms with Crippen LogP contribution in [0.15, 0.2) is 42.9 Å². The number of hydrogen-bond donors (Lipinski definition) is 2. The second kappa shape index (κ2) is 6.64. The van der Waals surface area contributed by atoms with E-state index in [9.17, 15) is 4.79 Å². The highest BCUT2D eigenvalue weighted by Gasteiger charge is 2.27. The Kier molecular flexibility index (Phi) is 4.19. The summed E-state index contributed by atoms with van der Waals surface area (Å²) in [6.45, 7) is 2.74. The molecule has 6 nitrogen and oxygen atoms in total. The first kappa shape index (κ1) is 15.8. The number of rotatable bonds is 4. The monoisotopic (exact) mass is 335 g/mol. The van der Waals surface area contributed by atoms with E-state index in [1.807, 2.05) is 18.2 Å². The lowest BCUT2D eigenvalue weighted by molar-refractivity contribution is 0.0831. The van der Waals surface area contributed by atoms with Crippen molar-refractivity contribution in [1.82, 2.24) is 19.9 Å². The normalized spacial score (nSPS) is 16.3. The summed E-state index contributed by atoms with van der Waals surface area (Å²) in [5.74, 6) is 0.176. The summed E-state index contributed by atoms with van der Waals surface area (Å²) in [4.78, 5) is 26.7. The predicted molar refractivity (Wildman–Crippen MR) is 97.1 cm³/mol. The molecule has 0 spiro atoms. The first-order valence-corrected chi connectivity index (χ1v) is 8.60. The number of nitrogen functional groups attached to an aromatic ring is 1. The van der Waals surface area contributed by atoms with Crippen molar-refractivity contribution >= 4 is 22.5 Å². The molecule has 1 fully saturated rings. The lowest BCUT2D eigenvalue weighted by Crippen LogP contribution is -2.36. The summed E-state index contributed by atoms with van der Waals surface area (Å²) in [5, 5.41) is 0.816. The standard InChI is InChI=1S/C19H21N5O/c20-15-3-1-13(2-4-15)11-24-9-6-14(7-10-24)18(25)17-16-5-8-21-19(16)23-12-22-17/h1-5,8,12,14H,6-7,9-11,20H2,(H,21,22,23). The van der Waals surface area contributed by atoms with Gasteiger partial charge in [0.25, 0.3) is 0 Å². The van der Waals surface area contributed by atoms with Crippen LogP contribution in [0.2, 0.25) is 0 Å². The van der Waals surface area contributed by atoms with Crippen LogP contribution in [0.3, 0.4) is 0 Å². The van der Waals surface area contributed by atoms with Crippen LogP contribution in [-0.4, -0.2) is 38.7 Å². The van der Waals surface area contributed by atoms with Gasteiger partial charge in [0, 0.05) is 29.7 Å². The van der Waals surface area contributed by atoms with E-state index in [4.69, 9.17) is 5.73 Å². The van der Waals surface area contributed by atoms with Crippen molar-refractivity contribution < 1.29 is 4.79 Å². The maximum Gasteiger partial charge on any atom is 0.185 e. The third-order valence-corrected chi connectivity index (χ3v) is 4.93. The lowest BCUT2D eigenvalue weighted by atomic mass is 9.90. The number of anilines is 1. The molecule has 1 aliphatic heterocycles. The Morgan fingerprint density at radius 3 is 2.68 bits per heavy atom. The first-order valence-electron chi connectivity index (χ1n) is 8.60. The summed E-state index contributed by atoms with van der Waals surface area (Å²) >= 11 is 0. The number of nitrogens with zero attached hydrogens (tertiary/aromatic N) is 3. The molecule has 3 heterocycles. The van der Waals surface area contributed by atoms with Crippen LogP contribution in [0.5, 0.6) is 0 Å². The number of ketones is 1. The minimum absolute atomic E-state index is 0.0377. The number of aromatic amines is 1. The Hall–Kier alpha value is -2.73. The van der Waals surface area contributed by atoms with Crippen LogP contribution in [0.1, 0.15) is 28.9 Å². The van der Waals surface area contributed by atoms with Crippen molar-refractivity contribution in [3.05, 3.63) is 54.1 Å². The molecule has 1 aromatic carbocycles. The molecule has 0 radical (unpaired) electrons. The van der Waals surface area contributed by atoms with Gasteiger partial charge in [0.05, 0.1) is 0 Å². The van der Waals surface area contributed by atoms with Crippen LogP contribution in [-0.2, 0) is 6.54 Å². The summed E-state index contributed by atoms with van der Waals surface area (Å²) in [6, 6.07) is 9.87. The molecular weight excluding hydrogens is 314 g/mol. The maximum absolute atomic E-state index is 12.9. The summed E-state index contributed by atoms with van der Waals surface area (Å²) in [6.07, 6.45) is 4.99. The van der Waals surface area contributed by atoms with Gasteiger partial charge in [-0.1, -0.05) is 12.1 Å². The van der Waals surface area contributed by atoms with Gasteiger partial charge in [0.2, 0.25) is 0 Å². The minimum Gasteiger partial charge on any atom is -0.399 e. The van der Waals surface area contributed by atoms with Crippen molar-refractivity contribution in [1.29, 1.82) is 0 Å². The van der Waals surface area contributed by atoms with Crippen molar-refractivity contribution in [2.24, 2.45) is 5.92 Å². The Labute approximate surface area is 146 Å². The number of likely N-dealkylation sites (tertiary alicyclic amines) is 1. The largest absolute Gasteiger partial charge is 0.399 e. The lowest BCUT2D eigenvalue weighted by Gasteiger charge is -2.31. The quantitative estimate of drug-likeness (QED) is 0.565. The number of hydrogen-bond acceptors (Lipinski definition) is 5. The van der Waals surface area contributed by atoms with Gasteiger partial charge in [-0.3, -0.25) is 9.69 Å². The highest BCUT2D eigenvalue weighted by atomic mass is 16.1. The maximum atomic E-state index is 12.9. The predicted octanol–water partition coefficient (Wildman–Crippen LogP) is 2.64. The van der Waals surface area contributed by atoms with Gasteiger partial charge in [-0.2, -0.15) is 0 Å². The third-order valence-electron chi connectivity index (χ3n) is 4.93. The topological polar surface area (TPSA) is 87.9 Å².